The standard InChI is InChI=1S/C16H16N2O3S2/c19-16(12-3-5-13(6-4-12)18(20)21)17-8-7-15(23-11-9-17)14-2-1-10-22-14/h1-6,10,15H,7-9,11H2. The quantitative estimate of drug-likeness (QED) is 0.622. The highest BCUT2D eigenvalue weighted by Gasteiger charge is 2.23. The Labute approximate surface area is 142 Å². The monoisotopic (exact) mass is 348 g/mol. The molecule has 2 heterocycles. The highest BCUT2D eigenvalue weighted by molar-refractivity contribution is 7.99. The summed E-state index contributed by atoms with van der Waals surface area (Å²) in [5.74, 6) is 0.855. The number of hydrogen-bond donors (Lipinski definition) is 0. The minimum Gasteiger partial charge on any atom is -0.338 e. The molecule has 1 aliphatic rings. The number of hydrogen-bond acceptors (Lipinski definition) is 5. The zero-order valence-corrected chi connectivity index (χ0v) is 14.0. The number of nitro groups is 1. The van der Waals surface area contributed by atoms with E-state index in [1.807, 2.05) is 16.7 Å². The predicted molar refractivity (Wildman–Crippen MR) is 93.1 cm³/mol. The summed E-state index contributed by atoms with van der Waals surface area (Å²) in [6, 6.07) is 10.1. The third-order valence-corrected chi connectivity index (χ3v) is 6.26. The molecule has 1 unspecified atom stereocenters. The van der Waals surface area contributed by atoms with Crippen molar-refractivity contribution in [2.75, 3.05) is 18.8 Å². The van der Waals surface area contributed by atoms with Crippen LogP contribution in [0.5, 0.6) is 0 Å². The lowest BCUT2D eigenvalue weighted by molar-refractivity contribution is -0.384. The van der Waals surface area contributed by atoms with Crippen molar-refractivity contribution >= 4 is 34.7 Å². The minimum atomic E-state index is -0.456. The van der Waals surface area contributed by atoms with Gasteiger partial charge in [0, 0.05) is 46.7 Å². The molecule has 1 fully saturated rings. The van der Waals surface area contributed by atoms with Crippen molar-refractivity contribution in [2.45, 2.75) is 11.7 Å². The zero-order valence-electron chi connectivity index (χ0n) is 12.4. The summed E-state index contributed by atoms with van der Waals surface area (Å²) < 4.78 is 0. The first-order valence-electron chi connectivity index (χ1n) is 7.34. The van der Waals surface area contributed by atoms with E-state index in [0.29, 0.717) is 23.9 Å². The molecule has 7 heteroatoms. The third-order valence-electron chi connectivity index (χ3n) is 3.81. The maximum atomic E-state index is 12.6. The molecule has 1 aliphatic heterocycles. The third kappa shape index (κ3) is 3.73. The van der Waals surface area contributed by atoms with Crippen molar-refractivity contribution in [1.29, 1.82) is 0 Å². The first kappa shape index (κ1) is 16.0. The summed E-state index contributed by atoms with van der Waals surface area (Å²) in [6.07, 6.45) is 0.934. The number of nitro benzene ring substituents is 1. The molecule has 120 valence electrons. The highest BCUT2D eigenvalue weighted by atomic mass is 32.2. The van der Waals surface area contributed by atoms with E-state index in [9.17, 15) is 14.9 Å². The Bertz CT molecular complexity index is 686. The lowest BCUT2D eigenvalue weighted by atomic mass is 10.1. The predicted octanol–water partition coefficient (Wildman–Crippen LogP) is 3.98. The van der Waals surface area contributed by atoms with Crippen LogP contribution < -0.4 is 0 Å². The molecule has 3 rings (SSSR count). The van der Waals surface area contributed by atoms with Gasteiger partial charge in [0.1, 0.15) is 0 Å². The molecular formula is C16H16N2O3S2. The molecule has 2 aromatic rings. The van der Waals surface area contributed by atoms with Crippen LogP contribution in [0.25, 0.3) is 0 Å². The molecule has 0 N–H and O–H groups in total. The van der Waals surface area contributed by atoms with Crippen LogP contribution in [0, 0.1) is 10.1 Å². The van der Waals surface area contributed by atoms with E-state index in [1.165, 1.54) is 29.1 Å². The number of non-ortho nitro benzene ring substituents is 1. The Balaban J connectivity index is 1.67. The Kier molecular flexibility index (Phi) is 4.97. The molecule has 1 aromatic heterocycles. The van der Waals surface area contributed by atoms with Crippen LogP contribution in [-0.4, -0.2) is 34.6 Å². The second-order valence-corrected chi connectivity index (χ2v) is 7.55. The van der Waals surface area contributed by atoms with Gasteiger partial charge in [-0.25, -0.2) is 0 Å². The average Bonchev–Trinajstić information content (AvgIpc) is 2.99. The Morgan fingerprint density at radius 3 is 2.65 bits per heavy atom. The van der Waals surface area contributed by atoms with Gasteiger partial charge in [-0.2, -0.15) is 11.8 Å². The number of amides is 1. The lowest BCUT2D eigenvalue weighted by Crippen LogP contribution is -2.32. The molecule has 1 aromatic carbocycles. The molecule has 0 saturated carbocycles. The number of nitrogens with zero attached hydrogens (tertiary/aromatic N) is 2. The lowest BCUT2D eigenvalue weighted by Gasteiger charge is -2.20. The molecule has 1 amide bonds. The number of carbonyl (C=O) groups excluding carboxylic acids is 1. The van der Waals surface area contributed by atoms with Gasteiger partial charge in [-0.05, 0) is 30.0 Å². The van der Waals surface area contributed by atoms with E-state index in [0.717, 1.165) is 12.2 Å². The Morgan fingerprint density at radius 1 is 1.22 bits per heavy atom. The molecule has 23 heavy (non-hydrogen) atoms. The van der Waals surface area contributed by atoms with E-state index >= 15 is 0 Å². The van der Waals surface area contributed by atoms with Gasteiger partial charge >= 0.3 is 0 Å². The first-order valence-corrected chi connectivity index (χ1v) is 9.27. The van der Waals surface area contributed by atoms with Crippen LogP contribution in [-0.2, 0) is 0 Å². The molecular weight excluding hydrogens is 332 g/mol. The summed E-state index contributed by atoms with van der Waals surface area (Å²) in [5, 5.41) is 13.2. The largest absolute Gasteiger partial charge is 0.338 e. The van der Waals surface area contributed by atoms with Gasteiger partial charge in [-0.15, -0.1) is 11.3 Å². The number of thiophene rings is 1. The summed E-state index contributed by atoms with van der Waals surface area (Å²) in [6.45, 7) is 1.42. The molecule has 1 atom stereocenters. The molecule has 5 nitrogen and oxygen atoms in total. The van der Waals surface area contributed by atoms with Crippen molar-refractivity contribution in [1.82, 2.24) is 4.90 Å². The smallest absolute Gasteiger partial charge is 0.269 e. The van der Waals surface area contributed by atoms with Crippen molar-refractivity contribution in [3.63, 3.8) is 0 Å². The maximum absolute atomic E-state index is 12.6. The van der Waals surface area contributed by atoms with Crippen LogP contribution in [0.1, 0.15) is 26.9 Å². The summed E-state index contributed by atoms with van der Waals surface area (Å²) >= 11 is 3.65. The van der Waals surface area contributed by atoms with Gasteiger partial charge in [0.05, 0.1) is 4.92 Å². The van der Waals surface area contributed by atoms with Crippen LogP contribution in [0.2, 0.25) is 0 Å². The maximum Gasteiger partial charge on any atom is 0.269 e. The molecule has 1 saturated heterocycles. The van der Waals surface area contributed by atoms with E-state index in [-0.39, 0.29) is 11.6 Å². The SMILES string of the molecule is O=C(c1ccc([N+](=O)[O-])cc1)N1CCSC(c2cccs2)CC1. The molecule has 0 bridgehead atoms. The van der Waals surface area contributed by atoms with E-state index in [1.54, 1.807) is 11.3 Å². The van der Waals surface area contributed by atoms with Crippen LogP contribution in [0.4, 0.5) is 5.69 Å². The van der Waals surface area contributed by atoms with Crippen LogP contribution in [0.3, 0.4) is 0 Å². The van der Waals surface area contributed by atoms with Gasteiger partial charge in [0.25, 0.3) is 11.6 Å². The van der Waals surface area contributed by atoms with Gasteiger partial charge in [0.2, 0.25) is 0 Å². The van der Waals surface area contributed by atoms with Gasteiger partial charge < -0.3 is 4.90 Å². The Hall–Kier alpha value is -1.86. The zero-order chi connectivity index (χ0) is 16.2. The fourth-order valence-corrected chi connectivity index (χ4v) is 4.82. The molecule has 0 aliphatic carbocycles. The van der Waals surface area contributed by atoms with E-state index < -0.39 is 4.92 Å². The number of thioether (sulfide) groups is 1. The molecule has 0 spiro atoms. The van der Waals surface area contributed by atoms with Gasteiger partial charge in [0.15, 0.2) is 0 Å². The highest BCUT2D eigenvalue weighted by Crippen LogP contribution is 2.36. The number of benzene rings is 1. The van der Waals surface area contributed by atoms with Gasteiger partial charge in [-0.1, -0.05) is 6.07 Å². The fourth-order valence-electron chi connectivity index (χ4n) is 2.58. The van der Waals surface area contributed by atoms with Gasteiger partial charge in [-0.3, -0.25) is 14.9 Å². The number of rotatable bonds is 3. The first-order chi connectivity index (χ1) is 11.1. The fraction of sp³-hybridized carbons (Fsp3) is 0.312. The average molecular weight is 348 g/mol. The van der Waals surface area contributed by atoms with Crippen molar-refractivity contribution < 1.29 is 9.72 Å². The summed E-state index contributed by atoms with van der Waals surface area (Å²) in [5.41, 5.74) is 0.515. The van der Waals surface area contributed by atoms with E-state index in [2.05, 4.69) is 17.5 Å². The molecule has 0 radical (unpaired) electrons. The minimum absolute atomic E-state index is 0.00531. The van der Waals surface area contributed by atoms with Crippen molar-refractivity contribution in [3.8, 4) is 0 Å². The normalized spacial score (nSPS) is 18.4. The van der Waals surface area contributed by atoms with Crippen molar-refractivity contribution in [3.05, 3.63) is 62.3 Å². The second-order valence-electron chi connectivity index (χ2n) is 5.26. The Morgan fingerprint density at radius 2 is 2.00 bits per heavy atom. The van der Waals surface area contributed by atoms with Crippen LogP contribution in [0.15, 0.2) is 41.8 Å². The van der Waals surface area contributed by atoms with E-state index in [4.69, 9.17) is 0 Å². The summed E-state index contributed by atoms with van der Waals surface area (Å²) in [4.78, 5) is 26.0. The van der Waals surface area contributed by atoms with Crippen LogP contribution >= 0.6 is 23.1 Å². The topological polar surface area (TPSA) is 63.4 Å². The number of carbonyl (C=O) groups is 1. The van der Waals surface area contributed by atoms with Crippen molar-refractivity contribution in [2.24, 2.45) is 0 Å². The second kappa shape index (κ2) is 7.14. The summed E-state index contributed by atoms with van der Waals surface area (Å²) in [7, 11) is 0.